The topological polar surface area (TPSA) is 99.0 Å². The smallest absolute Gasteiger partial charge is 0.238 e. The van der Waals surface area contributed by atoms with Gasteiger partial charge >= 0.3 is 0 Å². The Hall–Kier alpha value is -2.58. The second-order valence-corrected chi connectivity index (χ2v) is 8.75. The van der Waals surface area contributed by atoms with E-state index in [0.29, 0.717) is 11.5 Å². The van der Waals surface area contributed by atoms with Gasteiger partial charge in [0.25, 0.3) is 0 Å². The van der Waals surface area contributed by atoms with Crippen molar-refractivity contribution in [1.82, 2.24) is 10.1 Å². The highest BCUT2D eigenvalue weighted by atomic mass is 35.5. The summed E-state index contributed by atoms with van der Waals surface area (Å²) in [4.78, 5) is 29.5. The Bertz CT molecular complexity index is 1320. The molecule has 1 N–H and O–H groups in total. The van der Waals surface area contributed by atoms with Gasteiger partial charge in [0.2, 0.25) is 16.2 Å². The van der Waals surface area contributed by atoms with Crippen LogP contribution in [0.2, 0.25) is 10.0 Å². The molecule has 4 aromatic rings. The van der Waals surface area contributed by atoms with Crippen molar-refractivity contribution in [1.29, 1.82) is 0 Å². The third-order valence-corrected chi connectivity index (χ3v) is 6.42. The number of aromatic nitrogens is 2. The van der Waals surface area contributed by atoms with Crippen LogP contribution in [0.4, 0.5) is 0 Å². The van der Waals surface area contributed by atoms with Crippen molar-refractivity contribution in [3.05, 3.63) is 91.4 Å². The zero-order chi connectivity index (χ0) is 21.4. The molecule has 0 radical (unpaired) electrons. The second kappa shape index (κ2) is 8.28. The van der Waals surface area contributed by atoms with Crippen LogP contribution in [0.15, 0.2) is 62.9 Å². The Morgan fingerprint density at radius 1 is 1.17 bits per heavy atom. The molecule has 6 nitrogen and oxygen atoms in total. The van der Waals surface area contributed by atoms with Crippen molar-refractivity contribution in [3.8, 4) is 0 Å². The van der Waals surface area contributed by atoms with Crippen LogP contribution in [0.25, 0.3) is 10.9 Å². The zero-order valence-electron chi connectivity index (χ0n) is 15.6. The molecule has 2 heterocycles. The number of aryl methyl sites for hydroxylation is 1. The Labute approximate surface area is 184 Å². The highest BCUT2D eigenvalue weighted by Gasteiger charge is 2.30. The molecule has 0 saturated heterocycles. The van der Waals surface area contributed by atoms with Crippen LogP contribution in [-0.2, 0) is 16.9 Å². The molecule has 1 atom stereocenters. The fourth-order valence-electron chi connectivity index (χ4n) is 3.10. The Morgan fingerprint density at radius 3 is 2.53 bits per heavy atom. The molecule has 30 heavy (non-hydrogen) atoms. The minimum Gasteiger partial charge on any atom is -0.610 e. The third-order valence-electron chi connectivity index (χ3n) is 4.47. The van der Waals surface area contributed by atoms with Crippen molar-refractivity contribution in [3.63, 3.8) is 0 Å². The van der Waals surface area contributed by atoms with Gasteiger partial charge in [-0.2, -0.15) is 0 Å². The number of ketones is 1. The predicted molar refractivity (Wildman–Crippen MR) is 116 cm³/mol. The van der Waals surface area contributed by atoms with Crippen molar-refractivity contribution in [2.24, 2.45) is 0 Å². The number of rotatable bonds is 5. The molecule has 2 aromatic heterocycles. The summed E-state index contributed by atoms with van der Waals surface area (Å²) in [6.07, 6.45) is 0. The van der Waals surface area contributed by atoms with Crippen molar-refractivity contribution in [2.45, 2.75) is 17.7 Å². The van der Waals surface area contributed by atoms with Crippen LogP contribution in [-0.4, -0.2) is 20.5 Å². The van der Waals surface area contributed by atoms with Gasteiger partial charge in [-0.25, -0.2) is 0 Å². The van der Waals surface area contributed by atoms with Crippen molar-refractivity contribution < 1.29 is 13.9 Å². The first-order valence-corrected chi connectivity index (χ1v) is 10.9. The molecule has 0 spiro atoms. The number of nitrogens with zero attached hydrogens (tertiary/aromatic N) is 1. The average Bonchev–Trinajstić information content (AvgIpc) is 3.15. The highest BCUT2D eigenvalue weighted by molar-refractivity contribution is 7.90. The van der Waals surface area contributed by atoms with E-state index in [-0.39, 0.29) is 42.9 Å². The predicted octanol–water partition coefficient (Wildman–Crippen LogP) is 4.67. The molecule has 1 unspecified atom stereocenters. The van der Waals surface area contributed by atoms with Gasteiger partial charge in [0.1, 0.15) is 17.0 Å². The number of nitrogens with one attached hydrogen (secondary N) is 1. The third kappa shape index (κ3) is 3.77. The summed E-state index contributed by atoms with van der Waals surface area (Å²) in [7, 11) is 0. The molecular weight excluding hydrogens is 447 g/mol. The fourth-order valence-corrected chi connectivity index (χ4v) is 4.73. The molecule has 152 valence electrons. The van der Waals surface area contributed by atoms with Crippen LogP contribution in [0.1, 0.15) is 27.4 Å². The molecular formula is C21H14Cl2N2O4S. The van der Waals surface area contributed by atoms with Crippen molar-refractivity contribution in [2.75, 3.05) is 0 Å². The number of aromatic amines is 1. The lowest BCUT2D eigenvalue weighted by molar-refractivity contribution is 0.103. The molecule has 0 amide bonds. The maximum atomic E-state index is 13.3. The van der Waals surface area contributed by atoms with E-state index in [2.05, 4.69) is 10.1 Å². The van der Waals surface area contributed by atoms with Crippen LogP contribution in [0.3, 0.4) is 0 Å². The minimum atomic E-state index is -1.81. The normalized spacial score (nSPS) is 12.3. The van der Waals surface area contributed by atoms with E-state index in [1.807, 2.05) is 0 Å². The summed E-state index contributed by atoms with van der Waals surface area (Å²) in [6, 6.07) is 12.9. The summed E-state index contributed by atoms with van der Waals surface area (Å²) in [5, 5.41) is 4.24. The lowest BCUT2D eigenvalue weighted by Crippen LogP contribution is -2.24. The first kappa shape index (κ1) is 20.7. The number of halogens is 2. The Balaban J connectivity index is 1.95. The molecule has 0 aliphatic rings. The fraction of sp³-hybridized carbons (Fsp3) is 0.0952. The number of hydrogen-bond donors (Lipinski definition) is 1. The quantitative estimate of drug-likeness (QED) is 0.344. The summed E-state index contributed by atoms with van der Waals surface area (Å²) in [5.74, 6) is -0.0506. The first-order chi connectivity index (χ1) is 14.4. The minimum absolute atomic E-state index is 0.0360. The van der Waals surface area contributed by atoms with Crippen LogP contribution < -0.4 is 5.43 Å². The molecule has 4 rings (SSSR count). The highest BCUT2D eigenvalue weighted by Crippen LogP contribution is 2.30. The van der Waals surface area contributed by atoms with Crippen LogP contribution in [0, 0.1) is 6.92 Å². The summed E-state index contributed by atoms with van der Waals surface area (Å²) < 4.78 is 18.2. The van der Waals surface area contributed by atoms with Gasteiger partial charge in [0.15, 0.2) is 5.75 Å². The van der Waals surface area contributed by atoms with Gasteiger partial charge < -0.3 is 14.1 Å². The standard InChI is InChI=1S/C21H14Cl2N2O4S/c1-11-9-13(25-29-11)10-30(28)21-17(19(26)12-5-3-2-4-6-12)20(27)16-14(22)7-8-15(23)18(16)24-21/h2-9H,10H2,1H3,(H,24,27). The van der Waals surface area contributed by atoms with E-state index in [1.165, 1.54) is 12.1 Å². The maximum Gasteiger partial charge on any atom is 0.238 e. The van der Waals surface area contributed by atoms with Gasteiger partial charge in [-0.05, 0) is 19.1 Å². The van der Waals surface area contributed by atoms with Gasteiger partial charge in [0, 0.05) is 22.8 Å². The van der Waals surface area contributed by atoms with Gasteiger partial charge in [-0.1, -0.05) is 58.7 Å². The lowest BCUT2D eigenvalue weighted by atomic mass is 10.0. The number of carbonyl (C=O) groups is 1. The number of pyridine rings is 1. The lowest BCUT2D eigenvalue weighted by Gasteiger charge is -2.14. The van der Waals surface area contributed by atoms with E-state index in [4.69, 9.17) is 27.7 Å². The molecule has 9 heteroatoms. The van der Waals surface area contributed by atoms with Crippen LogP contribution >= 0.6 is 23.2 Å². The van der Waals surface area contributed by atoms with Gasteiger partial charge in [0.05, 0.1) is 20.9 Å². The average molecular weight is 461 g/mol. The maximum absolute atomic E-state index is 13.3. The summed E-state index contributed by atoms with van der Waals surface area (Å²) >= 11 is 10.7. The van der Waals surface area contributed by atoms with Gasteiger partial charge in [-0.3, -0.25) is 9.59 Å². The number of fused-ring (bicyclic) bond motifs is 1. The second-order valence-electron chi connectivity index (χ2n) is 6.55. The van der Waals surface area contributed by atoms with E-state index in [0.717, 1.165) is 0 Å². The molecule has 0 saturated carbocycles. The van der Waals surface area contributed by atoms with Crippen molar-refractivity contribution >= 4 is 51.1 Å². The largest absolute Gasteiger partial charge is 0.610 e. The molecule has 0 aliphatic heterocycles. The Kier molecular flexibility index (Phi) is 5.71. The zero-order valence-corrected chi connectivity index (χ0v) is 17.9. The first-order valence-electron chi connectivity index (χ1n) is 8.81. The molecule has 2 aromatic carbocycles. The van der Waals surface area contributed by atoms with E-state index >= 15 is 0 Å². The summed E-state index contributed by atoms with van der Waals surface area (Å²) in [6.45, 7) is 1.71. The van der Waals surface area contributed by atoms with Gasteiger partial charge in [-0.15, -0.1) is 0 Å². The number of benzene rings is 2. The Morgan fingerprint density at radius 2 is 1.87 bits per heavy atom. The van der Waals surface area contributed by atoms with E-state index < -0.39 is 22.4 Å². The SMILES string of the molecule is Cc1cc(C[S+]([O-])c2[nH]c3c(Cl)ccc(Cl)c3c(=O)c2C(=O)c2ccccc2)no1. The number of H-pyrrole nitrogens is 1. The number of carbonyl (C=O) groups excluding carboxylic acids is 1. The van der Waals surface area contributed by atoms with E-state index in [1.54, 1.807) is 43.3 Å². The monoisotopic (exact) mass is 460 g/mol. The molecule has 0 fully saturated rings. The summed E-state index contributed by atoms with van der Waals surface area (Å²) in [5.41, 5.74) is 0.0674. The molecule has 0 aliphatic carbocycles. The van der Waals surface area contributed by atoms with E-state index in [9.17, 15) is 14.1 Å². The van der Waals surface area contributed by atoms with Crippen LogP contribution in [0.5, 0.6) is 0 Å². The number of hydrogen-bond acceptors (Lipinski definition) is 5. The molecule has 0 bridgehead atoms.